The number of thiophene rings is 1. The highest BCUT2D eigenvalue weighted by molar-refractivity contribution is 14.1. The van der Waals surface area contributed by atoms with Crippen molar-refractivity contribution in [1.29, 1.82) is 0 Å². The molecule has 3 aromatic rings. The van der Waals surface area contributed by atoms with Crippen LogP contribution < -0.4 is 4.74 Å². The maximum Gasteiger partial charge on any atom is 0.201 e. The molecule has 4 rings (SSSR count). The fourth-order valence-electron chi connectivity index (χ4n) is 2.89. The Bertz CT molecular complexity index is 916. The van der Waals surface area contributed by atoms with Crippen LogP contribution in [0.3, 0.4) is 0 Å². The molecule has 0 bridgehead atoms. The van der Waals surface area contributed by atoms with E-state index in [1.54, 1.807) is 17.4 Å². The average Bonchev–Trinajstić information content (AvgIpc) is 3.37. The lowest BCUT2D eigenvalue weighted by Gasteiger charge is -2.11. The Kier molecular flexibility index (Phi) is 5.27. The van der Waals surface area contributed by atoms with Gasteiger partial charge in [0.1, 0.15) is 0 Å². The van der Waals surface area contributed by atoms with E-state index in [0.29, 0.717) is 18.1 Å². The lowest BCUT2D eigenvalue weighted by Crippen LogP contribution is -2.02. The van der Waals surface area contributed by atoms with Crippen molar-refractivity contribution in [1.82, 2.24) is 0 Å². The molecule has 0 atom stereocenters. The van der Waals surface area contributed by atoms with Gasteiger partial charge in [0, 0.05) is 10.4 Å². The predicted molar refractivity (Wildman–Crippen MR) is 111 cm³/mol. The van der Waals surface area contributed by atoms with Crippen LogP contribution in [0.4, 0.5) is 8.78 Å². The van der Waals surface area contributed by atoms with Crippen LogP contribution in [0.5, 0.6) is 5.75 Å². The summed E-state index contributed by atoms with van der Waals surface area (Å²) in [5.41, 5.74) is 1.98. The van der Waals surface area contributed by atoms with Gasteiger partial charge in [0.05, 0.1) is 9.49 Å². The lowest BCUT2D eigenvalue weighted by atomic mass is 10.0. The summed E-state index contributed by atoms with van der Waals surface area (Å²) in [4.78, 5) is 1.16. The first-order valence-electron chi connectivity index (χ1n) is 8.59. The quantitative estimate of drug-likeness (QED) is 0.340. The lowest BCUT2D eigenvalue weighted by molar-refractivity contribution is 0.283. The van der Waals surface area contributed by atoms with Gasteiger partial charge in [0.15, 0.2) is 11.6 Å². The Balaban J connectivity index is 1.53. The first-order valence-corrected chi connectivity index (χ1v) is 10.5. The molecule has 0 saturated heterocycles. The summed E-state index contributed by atoms with van der Waals surface area (Å²) in [5, 5.41) is 0. The van der Waals surface area contributed by atoms with Gasteiger partial charge in [-0.3, -0.25) is 0 Å². The molecule has 1 heterocycles. The molecule has 26 heavy (non-hydrogen) atoms. The Hall–Kier alpha value is -1.47. The average molecular weight is 482 g/mol. The molecule has 0 amide bonds. The first-order chi connectivity index (χ1) is 12.6. The van der Waals surface area contributed by atoms with E-state index < -0.39 is 11.6 Å². The molecular weight excluding hydrogens is 465 g/mol. The topological polar surface area (TPSA) is 9.23 Å². The third-order valence-corrected chi connectivity index (χ3v) is 6.52. The van der Waals surface area contributed by atoms with Crippen molar-refractivity contribution in [2.24, 2.45) is 5.92 Å². The number of benzene rings is 2. The maximum atomic E-state index is 14.5. The molecule has 0 spiro atoms. The minimum absolute atomic E-state index is 0.00307. The number of hydrogen-bond acceptors (Lipinski definition) is 2. The van der Waals surface area contributed by atoms with E-state index >= 15 is 0 Å². The van der Waals surface area contributed by atoms with Gasteiger partial charge in [-0.25, -0.2) is 4.39 Å². The van der Waals surface area contributed by atoms with E-state index in [4.69, 9.17) is 4.74 Å². The number of ether oxygens (including phenoxy) is 1. The largest absolute Gasteiger partial charge is 0.490 e. The minimum Gasteiger partial charge on any atom is -0.490 e. The highest BCUT2D eigenvalue weighted by Crippen LogP contribution is 2.35. The third kappa shape index (κ3) is 3.93. The van der Waals surface area contributed by atoms with Crippen molar-refractivity contribution in [3.8, 4) is 27.3 Å². The van der Waals surface area contributed by atoms with Gasteiger partial charge in [-0.2, -0.15) is 4.39 Å². The summed E-state index contributed by atoms with van der Waals surface area (Å²) in [6, 6.07) is 14.8. The molecule has 1 nitrogen and oxygen atoms in total. The Morgan fingerprint density at radius 3 is 2.31 bits per heavy atom. The molecule has 1 aromatic heterocycles. The molecule has 5 heteroatoms. The van der Waals surface area contributed by atoms with Crippen LogP contribution in [0, 0.1) is 20.4 Å². The van der Waals surface area contributed by atoms with E-state index in [1.807, 2.05) is 24.3 Å². The van der Waals surface area contributed by atoms with Gasteiger partial charge in [-0.15, -0.1) is 11.3 Å². The van der Waals surface area contributed by atoms with Crippen LogP contribution in [0.15, 0.2) is 48.5 Å². The normalized spacial score (nSPS) is 13.8. The van der Waals surface area contributed by atoms with Gasteiger partial charge in [-0.05, 0) is 70.3 Å². The fourth-order valence-corrected chi connectivity index (χ4v) is 4.52. The summed E-state index contributed by atoms with van der Waals surface area (Å²) in [7, 11) is 0. The Morgan fingerprint density at radius 1 is 0.923 bits per heavy atom. The molecule has 1 aliphatic rings. The summed E-state index contributed by atoms with van der Waals surface area (Å²) in [6.07, 6.45) is 3.35. The minimum atomic E-state index is -0.907. The zero-order valence-corrected chi connectivity index (χ0v) is 16.9. The molecule has 1 aliphatic carbocycles. The molecule has 0 N–H and O–H groups in total. The summed E-state index contributed by atoms with van der Waals surface area (Å²) >= 11 is 3.99. The van der Waals surface area contributed by atoms with Gasteiger partial charge >= 0.3 is 0 Å². The van der Waals surface area contributed by atoms with Crippen molar-refractivity contribution in [2.75, 3.05) is 6.61 Å². The van der Waals surface area contributed by atoms with Crippen molar-refractivity contribution < 1.29 is 13.5 Å². The second kappa shape index (κ2) is 7.64. The highest BCUT2D eigenvalue weighted by Gasteiger charge is 2.21. The molecule has 0 radical (unpaired) electrons. The molecule has 0 aliphatic heterocycles. The van der Waals surface area contributed by atoms with E-state index in [2.05, 4.69) is 34.7 Å². The number of hydrogen-bond donors (Lipinski definition) is 0. The maximum absolute atomic E-state index is 14.5. The molecule has 1 saturated carbocycles. The smallest absolute Gasteiger partial charge is 0.201 e. The Labute approximate surface area is 169 Å². The van der Waals surface area contributed by atoms with Crippen LogP contribution in [0.2, 0.25) is 0 Å². The van der Waals surface area contributed by atoms with Gasteiger partial charge in [-0.1, -0.05) is 37.1 Å². The second-order valence-corrected chi connectivity index (χ2v) is 9.48. The van der Waals surface area contributed by atoms with Gasteiger partial charge in [0.2, 0.25) is 5.82 Å². The molecule has 1 fully saturated rings. The first kappa shape index (κ1) is 17.9. The van der Waals surface area contributed by atoms with Crippen LogP contribution in [-0.4, -0.2) is 6.61 Å². The number of rotatable bonds is 6. The second-order valence-electron chi connectivity index (χ2n) is 6.50. The SMILES string of the molecule is Fc1c(OCCC2CC2)ccc(-c2ccc(-c3ccc(I)s3)cc2)c1F. The van der Waals surface area contributed by atoms with Crippen molar-refractivity contribution in [3.63, 3.8) is 0 Å². The van der Waals surface area contributed by atoms with E-state index in [9.17, 15) is 8.78 Å². The highest BCUT2D eigenvalue weighted by atomic mass is 127. The molecule has 2 aromatic carbocycles. The Morgan fingerprint density at radius 2 is 1.65 bits per heavy atom. The van der Waals surface area contributed by atoms with E-state index in [-0.39, 0.29) is 11.3 Å². The fraction of sp³-hybridized carbons (Fsp3) is 0.238. The summed E-state index contributed by atoms with van der Waals surface area (Å²) in [5.74, 6) is -1.06. The molecule has 0 unspecified atom stereocenters. The van der Waals surface area contributed by atoms with E-state index in [1.165, 1.54) is 21.8 Å². The van der Waals surface area contributed by atoms with Crippen LogP contribution in [0.1, 0.15) is 19.3 Å². The van der Waals surface area contributed by atoms with Crippen molar-refractivity contribution in [2.45, 2.75) is 19.3 Å². The molecule has 134 valence electrons. The van der Waals surface area contributed by atoms with Crippen LogP contribution >= 0.6 is 33.9 Å². The van der Waals surface area contributed by atoms with Gasteiger partial charge in [0.25, 0.3) is 0 Å². The third-order valence-electron chi connectivity index (χ3n) is 4.58. The molecular formula is C21H17F2IOS. The predicted octanol–water partition coefficient (Wildman–Crippen LogP) is 7.14. The van der Waals surface area contributed by atoms with Crippen LogP contribution in [-0.2, 0) is 0 Å². The summed E-state index contributed by atoms with van der Waals surface area (Å²) in [6.45, 7) is 0.439. The van der Waals surface area contributed by atoms with Crippen molar-refractivity contribution in [3.05, 3.63) is 63.0 Å². The van der Waals surface area contributed by atoms with Gasteiger partial charge < -0.3 is 4.74 Å². The zero-order chi connectivity index (χ0) is 18.1. The van der Waals surface area contributed by atoms with E-state index in [0.717, 1.165) is 16.9 Å². The summed E-state index contributed by atoms with van der Waals surface area (Å²) < 4.78 is 35.5. The zero-order valence-electron chi connectivity index (χ0n) is 14.0. The van der Waals surface area contributed by atoms with Crippen LogP contribution in [0.25, 0.3) is 21.6 Å². The monoisotopic (exact) mass is 482 g/mol. The number of halogens is 3. The standard InChI is InChI=1S/C21H17F2IOS/c22-20-16(7-8-17(21(20)23)25-12-11-13-1-2-13)14-3-5-15(6-4-14)18-9-10-19(24)26-18/h3-10,13H,1-2,11-12H2. The van der Waals surface area contributed by atoms with Crippen molar-refractivity contribution >= 4 is 33.9 Å².